The summed E-state index contributed by atoms with van der Waals surface area (Å²) >= 11 is 0. The number of likely N-dealkylation sites (tertiary alicyclic amines) is 1. The number of nitrogens with zero attached hydrogens (tertiary/aromatic N) is 4. The number of benzene rings is 1. The van der Waals surface area contributed by atoms with E-state index in [2.05, 4.69) is 49.9 Å². The highest BCUT2D eigenvalue weighted by Gasteiger charge is 2.50. The highest BCUT2D eigenvalue weighted by Crippen LogP contribution is 2.40. The van der Waals surface area contributed by atoms with Crippen LogP contribution < -0.4 is 22.1 Å². The maximum atomic E-state index is 8.14. The molecule has 4 heterocycles. The molecule has 144 valence electrons. The van der Waals surface area contributed by atoms with E-state index in [-0.39, 0.29) is 17.5 Å². The van der Waals surface area contributed by atoms with Gasteiger partial charge in [0, 0.05) is 19.0 Å². The number of hydrogen-bond donors (Lipinski definition) is 4. The van der Waals surface area contributed by atoms with Crippen molar-refractivity contribution in [1.82, 2.24) is 19.5 Å². The van der Waals surface area contributed by atoms with Gasteiger partial charge in [-0.25, -0.2) is 0 Å². The fraction of sp³-hybridized carbons (Fsp3) is 0.316. The van der Waals surface area contributed by atoms with Crippen LogP contribution in [0.4, 0.5) is 11.9 Å². The quantitative estimate of drug-likeness (QED) is 0.539. The number of nitrogens with two attached hydrogens (primary N) is 1. The average Bonchev–Trinajstić information content (AvgIpc) is 3.42. The highest BCUT2D eigenvalue weighted by atomic mass is 16.3. The Bertz CT molecular complexity index is 1030. The third-order valence-corrected chi connectivity index (χ3v) is 5.51. The minimum absolute atomic E-state index is 0.00238. The number of anilines is 2. The van der Waals surface area contributed by atoms with Gasteiger partial charge in [0.1, 0.15) is 0 Å². The summed E-state index contributed by atoms with van der Waals surface area (Å²) < 4.78 is 7.32. The van der Waals surface area contributed by atoms with Crippen molar-refractivity contribution in [3.8, 4) is 0 Å². The van der Waals surface area contributed by atoms with Gasteiger partial charge in [0.25, 0.3) is 0 Å². The molecule has 9 nitrogen and oxygen atoms in total. The van der Waals surface area contributed by atoms with Crippen LogP contribution in [0.25, 0.3) is 0 Å². The Morgan fingerprint density at radius 1 is 1.21 bits per heavy atom. The summed E-state index contributed by atoms with van der Waals surface area (Å²) in [4.78, 5) is 10.6. The Labute approximate surface area is 161 Å². The second kappa shape index (κ2) is 6.38. The third kappa shape index (κ3) is 2.71. The molecule has 0 saturated carbocycles. The summed E-state index contributed by atoms with van der Waals surface area (Å²) in [5.74, 6) is 1.49. The lowest BCUT2D eigenvalue weighted by Crippen LogP contribution is -2.49. The summed E-state index contributed by atoms with van der Waals surface area (Å²) in [6.45, 7) is 2.76. The molecular formula is C19H22N8O. The summed E-state index contributed by atoms with van der Waals surface area (Å²) in [6, 6.07) is 14.3. The molecule has 1 fully saturated rings. The minimum Gasteiger partial charge on any atom is -0.465 e. The Kier molecular flexibility index (Phi) is 3.83. The SMILES string of the molecule is N=c1nc(N)nc2n1NC(c1ccco1)(C1CCN(Cc3ccccc3)C1)N2. The van der Waals surface area contributed by atoms with Gasteiger partial charge in [0.15, 0.2) is 11.4 Å². The van der Waals surface area contributed by atoms with Gasteiger partial charge in [0.2, 0.25) is 17.5 Å². The number of nitrogen functional groups attached to an aromatic ring is 1. The largest absolute Gasteiger partial charge is 0.465 e. The summed E-state index contributed by atoms with van der Waals surface area (Å²) in [5, 5.41) is 11.6. The second-order valence-corrected chi connectivity index (χ2v) is 7.29. The first kappa shape index (κ1) is 16.8. The van der Waals surface area contributed by atoms with Crippen LogP contribution in [-0.2, 0) is 12.2 Å². The van der Waals surface area contributed by atoms with Crippen molar-refractivity contribution in [3.63, 3.8) is 0 Å². The monoisotopic (exact) mass is 378 g/mol. The topological polar surface area (TPSA) is 121 Å². The van der Waals surface area contributed by atoms with Crippen molar-refractivity contribution in [2.75, 3.05) is 29.6 Å². The van der Waals surface area contributed by atoms with E-state index in [1.165, 1.54) is 10.2 Å². The number of aromatic nitrogens is 3. The van der Waals surface area contributed by atoms with E-state index in [0.717, 1.165) is 31.8 Å². The van der Waals surface area contributed by atoms with Gasteiger partial charge < -0.3 is 15.5 Å². The van der Waals surface area contributed by atoms with Crippen molar-refractivity contribution in [1.29, 1.82) is 5.41 Å². The highest BCUT2D eigenvalue weighted by molar-refractivity contribution is 5.45. The lowest BCUT2D eigenvalue weighted by molar-refractivity contribution is 0.255. The van der Waals surface area contributed by atoms with Crippen molar-refractivity contribution >= 4 is 11.9 Å². The van der Waals surface area contributed by atoms with E-state index in [9.17, 15) is 0 Å². The Morgan fingerprint density at radius 3 is 2.86 bits per heavy atom. The Balaban J connectivity index is 1.45. The Morgan fingerprint density at radius 2 is 2.07 bits per heavy atom. The molecular weight excluding hydrogens is 356 g/mol. The van der Waals surface area contributed by atoms with Crippen LogP contribution in [-0.4, -0.2) is 32.6 Å². The molecule has 5 rings (SSSR count). The molecule has 0 radical (unpaired) electrons. The average molecular weight is 378 g/mol. The molecule has 9 heteroatoms. The molecule has 28 heavy (non-hydrogen) atoms. The number of fused-ring (bicyclic) bond motifs is 1. The van der Waals surface area contributed by atoms with Crippen LogP contribution in [0.3, 0.4) is 0 Å². The number of hydrogen-bond acceptors (Lipinski definition) is 8. The normalized spacial score (nSPS) is 23.9. The second-order valence-electron chi connectivity index (χ2n) is 7.29. The van der Waals surface area contributed by atoms with E-state index < -0.39 is 5.66 Å². The molecule has 1 saturated heterocycles. The van der Waals surface area contributed by atoms with E-state index in [4.69, 9.17) is 15.6 Å². The fourth-order valence-electron chi connectivity index (χ4n) is 4.20. The van der Waals surface area contributed by atoms with Gasteiger partial charge in [-0.2, -0.15) is 14.6 Å². The number of furan rings is 1. The Hall–Kier alpha value is -3.33. The maximum Gasteiger partial charge on any atom is 0.247 e. The van der Waals surface area contributed by atoms with Gasteiger partial charge >= 0.3 is 0 Å². The number of nitrogens with one attached hydrogen (secondary N) is 3. The number of rotatable bonds is 4. The van der Waals surface area contributed by atoms with Crippen molar-refractivity contribution in [2.45, 2.75) is 18.6 Å². The van der Waals surface area contributed by atoms with Crippen molar-refractivity contribution < 1.29 is 4.42 Å². The van der Waals surface area contributed by atoms with Gasteiger partial charge in [-0.05, 0) is 30.7 Å². The van der Waals surface area contributed by atoms with Crippen molar-refractivity contribution in [2.24, 2.45) is 5.92 Å². The van der Waals surface area contributed by atoms with Crippen LogP contribution in [0.1, 0.15) is 17.7 Å². The molecule has 2 atom stereocenters. The molecule has 2 aliphatic rings. The molecule has 2 aliphatic heterocycles. The van der Waals surface area contributed by atoms with Crippen LogP contribution in [0.2, 0.25) is 0 Å². The maximum absolute atomic E-state index is 8.14. The zero-order valence-electron chi connectivity index (χ0n) is 15.3. The summed E-state index contributed by atoms with van der Waals surface area (Å²) in [5.41, 5.74) is 9.73. The van der Waals surface area contributed by atoms with E-state index in [1.54, 1.807) is 6.26 Å². The van der Waals surface area contributed by atoms with Crippen LogP contribution >= 0.6 is 0 Å². The first-order chi connectivity index (χ1) is 13.6. The molecule has 3 aromatic rings. The summed E-state index contributed by atoms with van der Waals surface area (Å²) in [7, 11) is 0. The first-order valence-electron chi connectivity index (χ1n) is 9.32. The predicted octanol–water partition coefficient (Wildman–Crippen LogP) is 1.28. The first-order valence-corrected chi connectivity index (χ1v) is 9.32. The van der Waals surface area contributed by atoms with Crippen LogP contribution in [0.15, 0.2) is 53.1 Å². The smallest absolute Gasteiger partial charge is 0.247 e. The van der Waals surface area contributed by atoms with Crippen molar-refractivity contribution in [3.05, 3.63) is 65.7 Å². The molecule has 5 N–H and O–H groups in total. The predicted molar refractivity (Wildman–Crippen MR) is 103 cm³/mol. The van der Waals surface area contributed by atoms with E-state index in [1.807, 2.05) is 18.2 Å². The molecule has 2 unspecified atom stereocenters. The van der Waals surface area contributed by atoms with Gasteiger partial charge in [-0.15, -0.1) is 0 Å². The molecule has 1 aromatic carbocycles. The van der Waals surface area contributed by atoms with Gasteiger partial charge in [-0.3, -0.25) is 15.7 Å². The van der Waals surface area contributed by atoms with E-state index >= 15 is 0 Å². The zero-order valence-corrected chi connectivity index (χ0v) is 15.3. The third-order valence-electron chi connectivity index (χ3n) is 5.51. The molecule has 0 aliphatic carbocycles. The standard InChI is InChI=1S/C19H22N8O/c20-16-22-17(21)27-18(23-16)24-19(25-27,15-7-4-10-28-15)14-8-9-26(12-14)11-13-5-2-1-3-6-13/h1-7,10,14,25H,8-9,11-12H2,(H4,20,21,22,23,24). The van der Waals surface area contributed by atoms with Crippen LogP contribution in [0, 0.1) is 11.3 Å². The zero-order chi connectivity index (χ0) is 19.1. The minimum atomic E-state index is -0.708. The summed E-state index contributed by atoms with van der Waals surface area (Å²) in [6.07, 6.45) is 2.63. The van der Waals surface area contributed by atoms with Gasteiger partial charge in [-0.1, -0.05) is 30.3 Å². The van der Waals surface area contributed by atoms with Gasteiger partial charge in [0.05, 0.1) is 6.26 Å². The molecule has 0 spiro atoms. The lowest BCUT2D eigenvalue weighted by Gasteiger charge is -2.33. The molecule has 0 amide bonds. The molecule has 0 bridgehead atoms. The van der Waals surface area contributed by atoms with E-state index in [0.29, 0.717) is 5.95 Å². The lowest BCUT2D eigenvalue weighted by atomic mass is 9.90. The molecule has 2 aromatic heterocycles. The fourth-order valence-corrected chi connectivity index (χ4v) is 4.20. The van der Waals surface area contributed by atoms with Crippen LogP contribution in [0.5, 0.6) is 0 Å².